The Balaban J connectivity index is 2.01. The first-order valence-corrected chi connectivity index (χ1v) is 6.40. The van der Waals surface area contributed by atoms with Gasteiger partial charge in [0.1, 0.15) is 11.6 Å². The topological polar surface area (TPSA) is 65.1 Å². The van der Waals surface area contributed by atoms with Gasteiger partial charge in [-0.05, 0) is 30.2 Å². The second-order valence-corrected chi connectivity index (χ2v) is 4.85. The Morgan fingerprint density at radius 2 is 2.32 bits per heavy atom. The van der Waals surface area contributed by atoms with Crippen LogP contribution in [0.15, 0.2) is 24.4 Å². The molecule has 0 bridgehead atoms. The van der Waals surface area contributed by atoms with Crippen LogP contribution in [0.1, 0.15) is 28.7 Å². The van der Waals surface area contributed by atoms with Crippen LogP contribution in [0.4, 0.5) is 0 Å². The molecule has 0 aliphatic carbocycles. The maximum absolute atomic E-state index is 5.74. The van der Waals surface area contributed by atoms with Crippen LogP contribution in [-0.2, 0) is 13.5 Å². The van der Waals surface area contributed by atoms with E-state index in [-0.39, 0.29) is 6.04 Å². The van der Waals surface area contributed by atoms with E-state index in [1.165, 1.54) is 5.56 Å². The Morgan fingerprint density at radius 1 is 1.47 bits per heavy atom. The van der Waals surface area contributed by atoms with E-state index in [2.05, 4.69) is 22.5 Å². The van der Waals surface area contributed by atoms with Crippen molar-refractivity contribution in [3.63, 3.8) is 0 Å². The van der Waals surface area contributed by atoms with Crippen molar-refractivity contribution in [1.82, 2.24) is 15.0 Å². The van der Waals surface area contributed by atoms with E-state index in [0.29, 0.717) is 0 Å². The van der Waals surface area contributed by atoms with Crippen LogP contribution in [0.5, 0.6) is 5.75 Å². The molecule has 0 saturated carbocycles. The number of ether oxygens (including phenoxy) is 1. The SMILES string of the molecule is Cc1ncc(C(NN)c2ccc3c(c2)CCO3)n1C. The third-order valence-corrected chi connectivity index (χ3v) is 3.77. The van der Waals surface area contributed by atoms with Crippen LogP contribution in [0.3, 0.4) is 0 Å². The van der Waals surface area contributed by atoms with Crippen LogP contribution in [0.25, 0.3) is 0 Å². The van der Waals surface area contributed by atoms with Gasteiger partial charge in [0, 0.05) is 13.5 Å². The summed E-state index contributed by atoms with van der Waals surface area (Å²) in [7, 11) is 2.00. The normalized spacial score (nSPS) is 15.1. The number of rotatable bonds is 3. The molecule has 2 heterocycles. The minimum absolute atomic E-state index is 0.0582. The summed E-state index contributed by atoms with van der Waals surface area (Å²) >= 11 is 0. The maximum Gasteiger partial charge on any atom is 0.122 e. The van der Waals surface area contributed by atoms with Gasteiger partial charge in [0.25, 0.3) is 0 Å². The Labute approximate surface area is 112 Å². The summed E-state index contributed by atoms with van der Waals surface area (Å²) in [6, 6.07) is 6.18. The number of imidazole rings is 1. The highest BCUT2D eigenvalue weighted by molar-refractivity contribution is 5.42. The molecule has 1 atom stereocenters. The molecule has 0 spiro atoms. The number of hydrazine groups is 1. The van der Waals surface area contributed by atoms with Gasteiger partial charge in [-0.3, -0.25) is 5.84 Å². The Morgan fingerprint density at radius 3 is 3.00 bits per heavy atom. The lowest BCUT2D eigenvalue weighted by Crippen LogP contribution is -2.30. The third-order valence-electron chi connectivity index (χ3n) is 3.77. The van der Waals surface area contributed by atoms with Crippen molar-refractivity contribution in [2.75, 3.05) is 6.61 Å². The molecule has 3 N–H and O–H groups in total. The fourth-order valence-corrected chi connectivity index (χ4v) is 2.53. The van der Waals surface area contributed by atoms with Gasteiger partial charge in [-0.2, -0.15) is 0 Å². The van der Waals surface area contributed by atoms with Gasteiger partial charge >= 0.3 is 0 Å². The van der Waals surface area contributed by atoms with E-state index < -0.39 is 0 Å². The van der Waals surface area contributed by atoms with Gasteiger partial charge in [-0.25, -0.2) is 10.4 Å². The molecule has 1 aliphatic heterocycles. The van der Waals surface area contributed by atoms with Crippen molar-refractivity contribution >= 4 is 0 Å². The van der Waals surface area contributed by atoms with E-state index in [1.54, 1.807) is 0 Å². The summed E-state index contributed by atoms with van der Waals surface area (Å²) in [5.74, 6) is 7.70. The lowest BCUT2D eigenvalue weighted by atomic mass is 10.0. The number of aromatic nitrogens is 2. The van der Waals surface area contributed by atoms with Crippen molar-refractivity contribution in [1.29, 1.82) is 0 Å². The number of nitrogens with zero attached hydrogens (tertiary/aromatic N) is 2. The lowest BCUT2D eigenvalue weighted by molar-refractivity contribution is 0.356. The van der Waals surface area contributed by atoms with Crippen LogP contribution >= 0.6 is 0 Å². The highest BCUT2D eigenvalue weighted by atomic mass is 16.5. The number of hydrogen-bond donors (Lipinski definition) is 2. The first-order chi connectivity index (χ1) is 9.20. The summed E-state index contributed by atoms with van der Waals surface area (Å²) in [5, 5.41) is 0. The smallest absolute Gasteiger partial charge is 0.122 e. The second kappa shape index (κ2) is 4.68. The van der Waals surface area contributed by atoms with Crippen molar-refractivity contribution in [2.45, 2.75) is 19.4 Å². The molecule has 5 nitrogen and oxygen atoms in total. The Hall–Kier alpha value is -1.85. The Bertz CT molecular complexity index is 605. The van der Waals surface area contributed by atoms with E-state index in [0.717, 1.165) is 35.9 Å². The van der Waals surface area contributed by atoms with Crippen molar-refractivity contribution in [2.24, 2.45) is 12.9 Å². The summed E-state index contributed by atoms with van der Waals surface area (Å²) in [6.45, 7) is 2.75. The predicted octanol–water partition coefficient (Wildman–Crippen LogP) is 1.22. The second-order valence-electron chi connectivity index (χ2n) is 4.85. The molecule has 0 amide bonds. The van der Waals surface area contributed by atoms with Crippen LogP contribution in [0.2, 0.25) is 0 Å². The molecule has 1 aromatic heterocycles. The summed E-state index contributed by atoms with van der Waals surface area (Å²) in [5.41, 5.74) is 6.31. The molecular weight excluding hydrogens is 240 g/mol. The largest absolute Gasteiger partial charge is 0.493 e. The first kappa shape index (κ1) is 12.2. The van der Waals surface area contributed by atoms with Crippen LogP contribution < -0.4 is 16.0 Å². The van der Waals surface area contributed by atoms with Gasteiger partial charge in [0.15, 0.2) is 0 Å². The van der Waals surface area contributed by atoms with Gasteiger partial charge in [0.2, 0.25) is 0 Å². The van der Waals surface area contributed by atoms with Gasteiger partial charge in [-0.15, -0.1) is 0 Å². The maximum atomic E-state index is 5.74. The molecule has 1 unspecified atom stereocenters. The highest BCUT2D eigenvalue weighted by Gasteiger charge is 2.20. The molecule has 2 aromatic rings. The Kier molecular flexibility index (Phi) is 3.00. The average molecular weight is 258 g/mol. The molecule has 100 valence electrons. The van der Waals surface area contributed by atoms with Crippen molar-refractivity contribution in [3.8, 4) is 5.75 Å². The van der Waals surface area contributed by atoms with Crippen molar-refractivity contribution < 1.29 is 4.74 Å². The highest BCUT2D eigenvalue weighted by Crippen LogP contribution is 2.30. The van der Waals surface area contributed by atoms with Crippen molar-refractivity contribution in [3.05, 3.63) is 47.0 Å². The average Bonchev–Trinajstić information content (AvgIpc) is 3.00. The first-order valence-electron chi connectivity index (χ1n) is 6.40. The molecule has 1 aliphatic rings. The van der Waals surface area contributed by atoms with E-state index in [1.807, 2.05) is 30.8 Å². The number of nitrogens with one attached hydrogen (secondary N) is 1. The minimum Gasteiger partial charge on any atom is -0.493 e. The van der Waals surface area contributed by atoms with E-state index >= 15 is 0 Å². The summed E-state index contributed by atoms with van der Waals surface area (Å²) < 4.78 is 7.58. The number of fused-ring (bicyclic) bond motifs is 1. The van der Waals surface area contributed by atoms with Crippen LogP contribution in [0, 0.1) is 6.92 Å². The molecule has 0 saturated heterocycles. The quantitative estimate of drug-likeness (QED) is 0.641. The molecular formula is C14H18N4O. The molecule has 19 heavy (non-hydrogen) atoms. The number of benzene rings is 1. The third kappa shape index (κ3) is 2.01. The fourth-order valence-electron chi connectivity index (χ4n) is 2.53. The zero-order chi connectivity index (χ0) is 13.4. The number of aryl methyl sites for hydroxylation is 1. The number of hydrogen-bond acceptors (Lipinski definition) is 4. The zero-order valence-corrected chi connectivity index (χ0v) is 11.2. The van der Waals surface area contributed by atoms with Gasteiger partial charge in [0.05, 0.1) is 24.5 Å². The zero-order valence-electron chi connectivity index (χ0n) is 11.2. The summed E-state index contributed by atoms with van der Waals surface area (Å²) in [6.07, 6.45) is 2.83. The standard InChI is InChI=1S/C14H18N4O/c1-9-16-8-12(18(9)2)14(17-15)11-3-4-13-10(7-11)5-6-19-13/h3-4,7-8,14,17H,5-6,15H2,1-2H3. The van der Waals surface area contributed by atoms with Gasteiger partial charge < -0.3 is 9.30 Å². The molecule has 0 radical (unpaired) electrons. The van der Waals surface area contributed by atoms with Crippen LogP contribution in [-0.4, -0.2) is 16.2 Å². The number of nitrogens with two attached hydrogens (primary N) is 1. The molecule has 5 heteroatoms. The molecule has 0 fully saturated rings. The predicted molar refractivity (Wildman–Crippen MR) is 72.8 cm³/mol. The summed E-state index contributed by atoms with van der Waals surface area (Å²) in [4.78, 5) is 4.33. The van der Waals surface area contributed by atoms with E-state index in [4.69, 9.17) is 10.6 Å². The fraction of sp³-hybridized carbons (Fsp3) is 0.357. The lowest BCUT2D eigenvalue weighted by Gasteiger charge is -2.18. The molecule has 3 rings (SSSR count). The molecule has 1 aromatic carbocycles. The monoisotopic (exact) mass is 258 g/mol. The van der Waals surface area contributed by atoms with Gasteiger partial charge in [-0.1, -0.05) is 6.07 Å². The minimum atomic E-state index is -0.0582. The van der Waals surface area contributed by atoms with E-state index in [9.17, 15) is 0 Å².